The molecule has 0 bridgehead atoms. The largest absolute Gasteiger partial charge is 0.329 e. The number of rotatable bonds is 5. The number of sulfone groups is 1. The molecule has 1 fully saturated rings. The fourth-order valence-corrected chi connectivity index (χ4v) is 7.02. The average molecular weight is 399 g/mol. The Bertz CT molecular complexity index is 547. The first-order chi connectivity index (χ1) is 9.49. The van der Waals surface area contributed by atoms with Gasteiger partial charge in [0, 0.05) is 45.1 Å². The molecular formula is C12H19BrN2O2S3. The highest BCUT2D eigenvalue weighted by molar-refractivity contribution is 9.10. The molecule has 4 nitrogen and oxygen atoms in total. The molecule has 0 spiro atoms. The summed E-state index contributed by atoms with van der Waals surface area (Å²) in [6, 6.07) is 2.03. The predicted molar refractivity (Wildman–Crippen MR) is 91.1 cm³/mol. The van der Waals surface area contributed by atoms with E-state index in [1.54, 1.807) is 30.0 Å². The van der Waals surface area contributed by atoms with E-state index in [-0.39, 0.29) is 11.8 Å². The molecule has 2 unspecified atom stereocenters. The first-order valence-corrected chi connectivity index (χ1v) is 11.0. The smallest absolute Gasteiger partial charge is 0.166 e. The minimum atomic E-state index is -3.08. The molecule has 0 aliphatic carbocycles. The normalized spacial score (nSPS) is 22.9. The third-order valence-corrected chi connectivity index (χ3v) is 8.58. The molecule has 114 valence electrons. The van der Waals surface area contributed by atoms with E-state index in [2.05, 4.69) is 20.8 Å². The third-order valence-electron chi connectivity index (χ3n) is 3.48. The molecule has 2 heterocycles. The van der Waals surface area contributed by atoms with Gasteiger partial charge in [0.2, 0.25) is 0 Å². The quantitative estimate of drug-likeness (QED) is 0.824. The second-order valence-electron chi connectivity index (χ2n) is 4.64. The third kappa shape index (κ3) is 3.59. The van der Waals surface area contributed by atoms with Crippen molar-refractivity contribution in [3.05, 3.63) is 20.8 Å². The summed E-state index contributed by atoms with van der Waals surface area (Å²) in [5.74, 6) is 1.78. The summed E-state index contributed by atoms with van der Waals surface area (Å²) >= 11 is 6.79. The van der Waals surface area contributed by atoms with Crippen molar-refractivity contribution in [3.63, 3.8) is 0 Å². The van der Waals surface area contributed by atoms with Crippen molar-refractivity contribution in [1.82, 2.24) is 4.90 Å². The standard InChI is InChI=1S/C12H19BrN2O2S3/c1-2-20(16,17)12-8-18-4-3-15(12)10(6-14)11-5-9(13)7-19-11/h5,7,10,12H,2-4,6,8,14H2,1H3. The zero-order chi connectivity index (χ0) is 14.8. The van der Waals surface area contributed by atoms with Crippen molar-refractivity contribution in [2.24, 2.45) is 5.73 Å². The topological polar surface area (TPSA) is 63.4 Å². The van der Waals surface area contributed by atoms with Crippen LogP contribution in [0.1, 0.15) is 17.8 Å². The van der Waals surface area contributed by atoms with Crippen LogP contribution in [0.3, 0.4) is 0 Å². The van der Waals surface area contributed by atoms with Gasteiger partial charge in [0.15, 0.2) is 9.84 Å². The van der Waals surface area contributed by atoms with E-state index in [0.717, 1.165) is 21.6 Å². The van der Waals surface area contributed by atoms with E-state index in [1.165, 1.54) is 0 Å². The molecule has 0 amide bonds. The van der Waals surface area contributed by atoms with E-state index in [4.69, 9.17) is 5.73 Å². The Labute approximate surface area is 137 Å². The molecule has 0 radical (unpaired) electrons. The van der Waals surface area contributed by atoms with Gasteiger partial charge in [-0.05, 0) is 22.0 Å². The molecule has 1 aliphatic rings. The minimum Gasteiger partial charge on any atom is -0.329 e. The monoisotopic (exact) mass is 398 g/mol. The maximum atomic E-state index is 12.3. The van der Waals surface area contributed by atoms with E-state index >= 15 is 0 Å². The molecule has 0 saturated carbocycles. The molecule has 2 rings (SSSR count). The van der Waals surface area contributed by atoms with Crippen LogP contribution in [0, 0.1) is 0 Å². The van der Waals surface area contributed by atoms with Crippen LogP contribution in [0.2, 0.25) is 0 Å². The fraction of sp³-hybridized carbons (Fsp3) is 0.667. The van der Waals surface area contributed by atoms with Gasteiger partial charge >= 0.3 is 0 Å². The van der Waals surface area contributed by atoms with E-state index < -0.39 is 15.2 Å². The van der Waals surface area contributed by atoms with Crippen LogP contribution in [0.4, 0.5) is 0 Å². The SMILES string of the molecule is CCS(=O)(=O)C1CSCCN1C(CN)c1cc(Br)cs1. The Balaban J connectivity index is 2.30. The molecule has 1 aliphatic heterocycles. The van der Waals surface area contributed by atoms with Gasteiger partial charge in [0.05, 0.1) is 6.04 Å². The van der Waals surface area contributed by atoms with Crippen LogP contribution >= 0.6 is 39.0 Å². The van der Waals surface area contributed by atoms with Crippen molar-refractivity contribution < 1.29 is 8.42 Å². The molecule has 0 aromatic carbocycles. The van der Waals surface area contributed by atoms with Crippen LogP contribution in [-0.2, 0) is 9.84 Å². The lowest BCUT2D eigenvalue weighted by Crippen LogP contribution is -2.50. The van der Waals surface area contributed by atoms with E-state index in [1.807, 2.05) is 11.4 Å². The molecule has 2 atom stereocenters. The minimum absolute atomic E-state index is 0.0153. The number of thiophene rings is 1. The predicted octanol–water partition coefficient (Wildman–Crippen LogP) is 2.32. The lowest BCUT2D eigenvalue weighted by molar-refractivity contribution is 0.200. The highest BCUT2D eigenvalue weighted by Crippen LogP contribution is 2.34. The number of nitrogens with zero attached hydrogens (tertiary/aromatic N) is 1. The van der Waals surface area contributed by atoms with E-state index in [0.29, 0.717) is 12.3 Å². The lowest BCUT2D eigenvalue weighted by atomic mass is 10.2. The summed E-state index contributed by atoms with van der Waals surface area (Å²) in [5, 5.41) is 1.60. The zero-order valence-corrected chi connectivity index (χ0v) is 15.3. The molecule has 1 aromatic heterocycles. The number of hydrogen-bond donors (Lipinski definition) is 1. The Morgan fingerprint density at radius 1 is 1.60 bits per heavy atom. The Kier molecular flexibility index (Phi) is 5.96. The second kappa shape index (κ2) is 7.11. The maximum Gasteiger partial charge on any atom is 0.166 e. The molecule has 1 aromatic rings. The van der Waals surface area contributed by atoms with Gasteiger partial charge in [-0.25, -0.2) is 8.42 Å². The van der Waals surface area contributed by atoms with Gasteiger partial charge in [-0.3, -0.25) is 4.90 Å². The summed E-state index contributed by atoms with van der Waals surface area (Å²) in [6.45, 7) is 2.92. The van der Waals surface area contributed by atoms with E-state index in [9.17, 15) is 8.42 Å². The van der Waals surface area contributed by atoms with Crippen LogP contribution in [0.5, 0.6) is 0 Å². The molecule has 20 heavy (non-hydrogen) atoms. The maximum absolute atomic E-state index is 12.3. The first-order valence-electron chi connectivity index (χ1n) is 6.48. The second-order valence-corrected chi connectivity index (χ2v) is 10.1. The highest BCUT2D eigenvalue weighted by atomic mass is 79.9. The zero-order valence-electron chi connectivity index (χ0n) is 11.3. The summed E-state index contributed by atoms with van der Waals surface area (Å²) < 4.78 is 25.7. The van der Waals surface area contributed by atoms with Crippen molar-refractivity contribution in [3.8, 4) is 0 Å². The van der Waals surface area contributed by atoms with Gasteiger partial charge in [0.1, 0.15) is 5.37 Å². The Hall–Kier alpha value is 0.400. The van der Waals surface area contributed by atoms with Gasteiger partial charge in [-0.1, -0.05) is 6.92 Å². The summed E-state index contributed by atoms with van der Waals surface area (Å²) in [5.41, 5.74) is 5.94. The van der Waals surface area contributed by atoms with Gasteiger partial charge in [-0.2, -0.15) is 11.8 Å². The summed E-state index contributed by atoms with van der Waals surface area (Å²) in [6.07, 6.45) is 0. The molecule has 8 heteroatoms. The molecule has 2 N–H and O–H groups in total. The fourth-order valence-electron chi connectivity index (χ4n) is 2.37. The first kappa shape index (κ1) is 16.8. The lowest BCUT2D eigenvalue weighted by Gasteiger charge is -2.39. The number of nitrogens with two attached hydrogens (primary N) is 1. The Morgan fingerprint density at radius 2 is 2.35 bits per heavy atom. The van der Waals surface area contributed by atoms with Gasteiger partial charge in [-0.15, -0.1) is 11.3 Å². The van der Waals surface area contributed by atoms with Crippen molar-refractivity contribution in [2.75, 3.05) is 30.3 Å². The van der Waals surface area contributed by atoms with Crippen LogP contribution < -0.4 is 5.73 Å². The van der Waals surface area contributed by atoms with Gasteiger partial charge in [0.25, 0.3) is 0 Å². The van der Waals surface area contributed by atoms with Crippen molar-refractivity contribution in [1.29, 1.82) is 0 Å². The van der Waals surface area contributed by atoms with Crippen molar-refractivity contribution in [2.45, 2.75) is 18.3 Å². The molecule has 1 saturated heterocycles. The highest BCUT2D eigenvalue weighted by Gasteiger charge is 2.37. The van der Waals surface area contributed by atoms with Crippen LogP contribution in [-0.4, -0.2) is 49.0 Å². The van der Waals surface area contributed by atoms with Gasteiger partial charge < -0.3 is 5.73 Å². The van der Waals surface area contributed by atoms with Crippen LogP contribution in [0.15, 0.2) is 15.9 Å². The molecular weight excluding hydrogens is 380 g/mol. The number of thioether (sulfide) groups is 1. The van der Waals surface area contributed by atoms with Crippen LogP contribution in [0.25, 0.3) is 0 Å². The average Bonchev–Trinajstić information content (AvgIpc) is 2.86. The summed E-state index contributed by atoms with van der Waals surface area (Å²) in [4.78, 5) is 3.20. The van der Waals surface area contributed by atoms with Crippen molar-refractivity contribution >= 4 is 48.9 Å². The number of hydrogen-bond acceptors (Lipinski definition) is 6. The summed E-state index contributed by atoms with van der Waals surface area (Å²) in [7, 11) is -3.08. The Morgan fingerprint density at radius 3 is 2.90 bits per heavy atom. The number of halogens is 1.